The Morgan fingerprint density at radius 3 is 2.63 bits per heavy atom. The van der Waals surface area contributed by atoms with E-state index in [0.717, 1.165) is 12.1 Å². The molecule has 0 saturated carbocycles. The Morgan fingerprint density at radius 2 is 1.90 bits per heavy atom. The summed E-state index contributed by atoms with van der Waals surface area (Å²) in [5.41, 5.74) is 0.625. The van der Waals surface area contributed by atoms with Gasteiger partial charge >= 0.3 is 0 Å². The Bertz CT molecular complexity index is 1160. The average Bonchev–Trinajstić information content (AvgIpc) is 3.27. The van der Waals surface area contributed by atoms with Gasteiger partial charge in [0.25, 0.3) is 0 Å². The van der Waals surface area contributed by atoms with Crippen LogP contribution in [-0.4, -0.2) is 25.7 Å². The second-order valence-electron chi connectivity index (χ2n) is 6.25. The monoisotopic (exact) mass is 407 g/mol. The number of nitrogens with zero attached hydrogens (tertiary/aromatic N) is 4. The van der Waals surface area contributed by atoms with Crippen LogP contribution in [0.2, 0.25) is 0 Å². The van der Waals surface area contributed by atoms with Gasteiger partial charge in [-0.1, -0.05) is 6.07 Å². The molecule has 1 amide bonds. The maximum atomic E-state index is 13.7. The van der Waals surface area contributed by atoms with Gasteiger partial charge in [0.15, 0.2) is 5.82 Å². The number of hydrogen-bond donors (Lipinski definition) is 1. The van der Waals surface area contributed by atoms with Gasteiger partial charge in [0.1, 0.15) is 23.7 Å². The summed E-state index contributed by atoms with van der Waals surface area (Å²) in [6.07, 6.45) is 4.55. The van der Waals surface area contributed by atoms with Gasteiger partial charge in [-0.3, -0.25) is 4.79 Å². The number of nitrogens with one attached hydrogen (secondary N) is 1. The highest BCUT2D eigenvalue weighted by molar-refractivity contribution is 5.92. The molecule has 0 aliphatic carbocycles. The zero-order chi connectivity index (χ0) is 20.9. The molecule has 0 radical (unpaired) electrons. The van der Waals surface area contributed by atoms with E-state index in [9.17, 15) is 13.6 Å². The fourth-order valence-corrected chi connectivity index (χ4v) is 2.69. The third kappa shape index (κ3) is 4.64. The molecular formula is C21H15F2N5O2. The number of hydrogen-bond acceptors (Lipinski definition) is 5. The van der Waals surface area contributed by atoms with Crippen molar-refractivity contribution in [2.45, 2.75) is 6.42 Å². The third-order valence-electron chi connectivity index (χ3n) is 4.09. The van der Waals surface area contributed by atoms with Crippen molar-refractivity contribution in [3.8, 4) is 17.4 Å². The molecule has 7 nitrogen and oxygen atoms in total. The van der Waals surface area contributed by atoms with E-state index in [1.807, 2.05) is 0 Å². The van der Waals surface area contributed by atoms with Crippen LogP contribution in [-0.2, 0) is 11.2 Å². The zero-order valence-electron chi connectivity index (χ0n) is 15.5. The van der Waals surface area contributed by atoms with E-state index < -0.39 is 17.5 Å². The molecule has 0 aliphatic heterocycles. The highest BCUT2D eigenvalue weighted by atomic mass is 19.1. The predicted molar refractivity (Wildman–Crippen MR) is 104 cm³/mol. The largest absolute Gasteiger partial charge is 0.439 e. The summed E-state index contributed by atoms with van der Waals surface area (Å²) >= 11 is 0. The Hall–Kier alpha value is -4.14. The lowest BCUT2D eigenvalue weighted by molar-refractivity contribution is -0.115. The van der Waals surface area contributed by atoms with Crippen LogP contribution >= 0.6 is 0 Å². The second-order valence-corrected chi connectivity index (χ2v) is 6.25. The van der Waals surface area contributed by atoms with Gasteiger partial charge in [-0.2, -0.15) is 5.10 Å². The van der Waals surface area contributed by atoms with E-state index >= 15 is 0 Å². The summed E-state index contributed by atoms with van der Waals surface area (Å²) in [7, 11) is 0. The molecule has 0 saturated heterocycles. The van der Waals surface area contributed by atoms with Gasteiger partial charge in [-0.15, -0.1) is 0 Å². The van der Waals surface area contributed by atoms with Crippen LogP contribution in [0.5, 0.6) is 11.6 Å². The number of amides is 1. The predicted octanol–water partition coefficient (Wildman–Crippen LogP) is 3.91. The smallest absolute Gasteiger partial charge is 0.228 e. The van der Waals surface area contributed by atoms with Crippen LogP contribution in [0.15, 0.2) is 73.3 Å². The van der Waals surface area contributed by atoms with Gasteiger partial charge in [-0.05, 0) is 42.0 Å². The van der Waals surface area contributed by atoms with E-state index in [0.29, 0.717) is 23.1 Å². The molecule has 4 aromatic rings. The van der Waals surface area contributed by atoms with Crippen molar-refractivity contribution >= 4 is 11.6 Å². The van der Waals surface area contributed by atoms with Gasteiger partial charge < -0.3 is 10.1 Å². The summed E-state index contributed by atoms with van der Waals surface area (Å²) in [5.74, 6) is -0.474. The first kappa shape index (κ1) is 19.2. The van der Waals surface area contributed by atoms with Gasteiger partial charge in [0.2, 0.25) is 11.8 Å². The quantitative estimate of drug-likeness (QED) is 0.524. The molecule has 0 unspecified atom stereocenters. The minimum atomic E-state index is -0.756. The number of ether oxygens (including phenoxy) is 1. The number of halogens is 2. The second kappa shape index (κ2) is 8.48. The number of rotatable bonds is 6. The Kier molecular flexibility index (Phi) is 5.42. The molecule has 1 N–H and O–H groups in total. The van der Waals surface area contributed by atoms with Crippen LogP contribution in [0.1, 0.15) is 5.56 Å². The minimum absolute atomic E-state index is 0.116. The molecule has 0 atom stereocenters. The molecule has 0 bridgehead atoms. The van der Waals surface area contributed by atoms with Crippen molar-refractivity contribution in [3.05, 3.63) is 90.5 Å². The zero-order valence-corrected chi connectivity index (χ0v) is 15.5. The number of carbonyl (C=O) groups is 1. The summed E-state index contributed by atoms with van der Waals surface area (Å²) in [6.45, 7) is 0. The number of carbonyl (C=O) groups excluding carboxylic acids is 1. The summed E-state index contributed by atoms with van der Waals surface area (Å²) in [6, 6.07) is 13.1. The topological polar surface area (TPSA) is 81.9 Å². The fraction of sp³-hybridized carbons (Fsp3) is 0.0476. The Labute approximate surface area is 170 Å². The first-order chi connectivity index (χ1) is 14.6. The number of benzene rings is 2. The van der Waals surface area contributed by atoms with E-state index in [4.69, 9.17) is 4.74 Å². The van der Waals surface area contributed by atoms with E-state index in [-0.39, 0.29) is 12.0 Å². The van der Waals surface area contributed by atoms with Crippen LogP contribution in [0.4, 0.5) is 14.5 Å². The third-order valence-corrected chi connectivity index (χ3v) is 4.09. The molecular weight excluding hydrogens is 392 g/mol. The van der Waals surface area contributed by atoms with Gasteiger partial charge in [0, 0.05) is 30.2 Å². The van der Waals surface area contributed by atoms with Crippen molar-refractivity contribution < 1.29 is 18.3 Å². The van der Waals surface area contributed by atoms with Crippen molar-refractivity contribution in [3.63, 3.8) is 0 Å². The summed E-state index contributed by atoms with van der Waals surface area (Å²) < 4.78 is 33.9. The Morgan fingerprint density at radius 1 is 1.07 bits per heavy atom. The normalized spacial score (nSPS) is 10.6. The number of aromatic nitrogens is 4. The van der Waals surface area contributed by atoms with Gasteiger partial charge in [0.05, 0.1) is 6.42 Å². The van der Waals surface area contributed by atoms with Crippen LogP contribution in [0.25, 0.3) is 5.82 Å². The maximum Gasteiger partial charge on any atom is 0.228 e. The van der Waals surface area contributed by atoms with Crippen molar-refractivity contribution in [1.29, 1.82) is 0 Å². The molecule has 150 valence electrons. The molecule has 9 heteroatoms. The lowest BCUT2D eigenvalue weighted by Gasteiger charge is -2.09. The molecule has 0 spiro atoms. The van der Waals surface area contributed by atoms with Crippen LogP contribution in [0, 0.1) is 11.6 Å². The van der Waals surface area contributed by atoms with E-state index in [1.165, 1.54) is 12.4 Å². The lowest BCUT2D eigenvalue weighted by Crippen LogP contribution is -2.15. The standard InChI is InChI=1S/C21H15F2N5O2/c22-15-3-2-14(18(23)11-15)10-20(29)27-16-4-6-17(7-5-16)30-21-12-19(24-13-25-21)28-9-1-8-26-28/h1-9,11-13H,10H2,(H,27,29). The van der Waals surface area contributed by atoms with E-state index in [1.54, 1.807) is 53.5 Å². The first-order valence-corrected chi connectivity index (χ1v) is 8.90. The summed E-state index contributed by atoms with van der Waals surface area (Å²) in [4.78, 5) is 20.3. The fourth-order valence-electron chi connectivity index (χ4n) is 2.69. The first-order valence-electron chi connectivity index (χ1n) is 8.90. The van der Waals surface area contributed by atoms with Crippen LogP contribution in [0.3, 0.4) is 0 Å². The van der Waals surface area contributed by atoms with Crippen molar-refractivity contribution in [2.75, 3.05) is 5.32 Å². The average molecular weight is 407 g/mol. The summed E-state index contributed by atoms with van der Waals surface area (Å²) in [5, 5.41) is 6.76. The van der Waals surface area contributed by atoms with Crippen molar-refractivity contribution in [2.24, 2.45) is 0 Å². The molecule has 2 aromatic carbocycles. The highest BCUT2D eigenvalue weighted by Crippen LogP contribution is 2.22. The van der Waals surface area contributed by atoms with Gasteiger partial charge in [-0.25, -0.2) is 23.4 Å². The molecule has 4 rings (SSSR count). The molecule has 0 aliphatic rings. The molecule has 2 heterocycles. The highest BCUT2D eigenvalue weighted by Gasteiger charge is 2.10. The minimum Gasteiger partial charge on any atom is -0.439 e. The Balaban J connectivity index is 1.38. The van der Waals surface area contributed by atoms with Crippen molar-refractivity contribution in [1.82, 2.24) is 19.7 Å². The maximum absolute atomic E-state index is 13.7. The lowest BCUT2D eigenvalue weighted by atomic mass is 10.1. The molecule has 30 heavy (non-hydrogen) atoms. The number of anilines is 1. The molecule has 0 fully saturated rings. The SMILES string of the molecule is O=C(Cc1ccc(F)cc1F)Nc1ccc(Oc2cc(-n3cccn3)ncn2)cc1. The molecule has 2 aromatic heterocycles. The van der Waals surface area contributed by atoms with Crippen LogP contribution < -0.4 is 10.1 Å². The van der Waals surface area contributed by atoms with E-state index in [2.05, 4.69) is 20.4 Å².